The molecule has 0 saturated heterocycles. The highest BCUT2D eigenvalue weighted by atomic mass is 35.5. The Balaban J connectivity index is 1.82. The first-order valence-corrected chi connectivity index (χ1v) is 9.21. The van der Waals surface area contributed by atoms with E-state index in [0.717, 1.165) is 40.1 Å². The highest BCUT2D eigenvalue weighted by Crippen LogP contribution is 2.32. The molecule has 1 unspecified atom stereocenters. The summed E-state index contributed by atoms with van der Waals surface area (Å²) in [5.74, 6) is 0.899. The minimum atomic E-state index is 0.272. The fraction of sp³-hybridized carbons (Fsp3) is 0.182. The molecule has 1 aromatic heterocycles. The maximum absolute atomic E-state index is 6.40. The Labute approximate surface area is 158 Å². The van der Waals surface area contributed by atoms with Crippen molar-refractivity contribution in [3.8, 4) is 11.3 Å². The average Bonchev–Trinajstić information content (AvgIpc) is 3.01. The van der Waals surface area contributed by atoms with Gasteiger partial charge in [0.1, 0.15) is 5.84 Å². The number of nitrogens with one attached hydrogen (secondary N) is 1. The summed E-state index contributed by atoms with van der Waals surface area (Å²) in [7, 11) is 0. The van der Waals surface area contributed by atoms with Crippen LogP contribution in [0.1, 0.15) is 20.3 Å². The summed E-state index contributed by atoms with van der Waals surface area (Å²) < 4.78 is 0. The Bertz CT molecular complexity index is 1040. The van der Waals surface area contributed by atoms with Crippen molar-refractivity contribution in [1.82, 2.24) is 4.98 Å². The molecule has 0 fully saturated rings. The van der Waals surface area contributed by atoms with E-state index < -0.39 is 0 Å². The van der Waals surface area contributed by atoms with Gasteiger partial charge >= 0.3 is 0 Å². The second-order valence-corrected chi connectivity index (χ2v) is 6.91. The third-order valence-electron chi connectivity index (χ3n) is 4.70. The van der Waals surface area contributed by atoms with Crippen molar-refractivity contribution in [3.63, 3.8) is 0 Å². The average molecular weight is 362 g/mol. The summed E-state index contributed by atoms with van der Waals surface area (Å²) in [6, 6.07) is 18.2. The predicted octanol–water partition coefficient (Wildman–Crippen LogP) is 6.10. The summed E-state index contributed by atoms with van der Waals surface area (Å²) >= 11 is 6.40. The minimum absolute atomic E-state index is 0.272. The van der Waals surface area contributed by atoms with Gasteiger partial charge < -0.3 is 5.32 Å². The lowest BCUT2D eigenvalue weighted by Crippen LogP contribution is -2.09. The molecule has 1 atom stereocenters. The van der Waals surface area contributed by atoms with Gasteiger partial charge in [-0.2, -0.15) is 0 Å². The maximum Gasteiger partial charge on any atom is 0.125 e. The lowest BCUT2D eigenvalue weighted by molar-refractivity contribution is 0.756. The molecule has 2 heterocycles. The van der Waals surface area contributed by atoms with Gasteiger partial charge in [-0.25, -0.2) is 4.98 Å². The number of hydrogen-bond donors (Lipinski definition) is 1. The largest absolute Gasteiger partial charge is 0.340 e. The number of amidine groups is 1. The standard InChI is InChI=1S/C22H20ClN3/c1-3-18-14(2)12-22(25-18)26-21-13-20(15-8-4-6-10-17(15)23)24-19-11-7-5-9-16(19)21/h4-13,18H,3H2,1-2H3,(H,24,25,26). The van der Waals surface area contributed by atoms with Gasteiger partial charge in [-0.1, -0.05) is 54.9 Å². The highest BCUT2D eigenvalue weighted by Gasteiger charge is 2.17. The van der Waals surface area contributed by atoms with Crippen molar-refractivity contribution in [2.75, 3.05) is 5.32 Å². The number of aliphatic imine (C=N–C) groups is 1. The Morgan fingerprint density at radius 1 is 1.08 bits per heavy atom. The molecule has 0 aliphatic carbocycles. The molecule has 0 bridgehead atoms. The number of hydrogen-bond acceptors (Lipinski definition) is 3. The van der Waals surface area contributed by atoms with Crippen LogP contribution in [-0.4, -0.2) is 16.9 Å². The molecule has 1 aliphatic rings. The first-order chi connectivity index (χ1) is 12.7. The highest BCUT2D eigenvalue weighted by molar-refractivity contribution is 6.33. The molecule has 0 saturated carbocycles. The van der Waals surface area contributed by atoms with E-state index in [4.69, 9.17) is 21.6 Å². The third-order valence-corrected chi connectivity index (χ3v) is 5.03. The summed E-state index contributed by atoms with van der Waals surface area (Å²) in [5.41, 5.74) is 4.99. The first kappa shape index (κ1) is 16.8. The van der Waals surface area contributed by atoms with Crippen LogP contribution < -0.4 is 5.32 Å². The van der Waals surface area contributed by atoms with Gasteiger partial charge in [-0.3, -0.25) is 4.99 Å². The van der Waals surface area contributed by atoms with Crippen LogP contribution in [-0.2, 0) is 0 Å². The van der Waals surface area contributed by atoms with Gasteiger partial charge in [-0.15, -0.1) is 0 Å². The number of nitrogens with zero attached hydrogens (tertiary/aromatic N) is 2. The number of fused-ring (bicyclic) bond motifs is 1. The monoisotopic (exact) mass is 361 g/mol. The van der Waals surface area contributed by atoms with Gasteiger partial charge in [0.05, 0.1) is 22.9 Å². The zero-order valence-corrected chi connectivity index (χ0v) is 15.6. The minimum Gasteiger partial charge on any atom is -0.340 e. The van der Waals surface area contributed by atoms with E-state index in [1.165, 1.54) is 5.57 Å². The topological polar surface area (TPSA) is 37.3 Å². The molecule has 0 spiro atoms. The molecule has 4 heteroatoms. The second kappa shape index (κ2) is 6.93. The number of anilines is 1. The summed E-state index contributed by atoms with van der Waals surface area (Å²) in [6.45, 7) is 4.29. The molecule has 0 amide bonds. The normalized spacial score (nSPS) is 16.5. The van der Waals surface area contributed by atoms with Crippen molar-refractivity contribution in [3.05, 3.63) is 71.3 Å². The molecule has 26 heavy (non-hydrogen) atoms. The van der Waals surface area contributed by atoms with Crippen LogP contribution in [0.15, 0.2) is 71.2 Å². The smallest absolute Gasteiger partial charge is 0.125 e. The second-order valence-electron chi connectivity index (χ2n) is 6.50. The molecule has 4 rings (SSSR count). The Morgan fingerprint density at radius 2 is 1.85 bits per heavy atom. The van der Waals surface area contributed by atoms with Crippen LogP contribution in [0, 0.1) is 0 Å². The van der Waals surface area contributed by atoms with E-state index in [9.17, 15) is 0 Å². The fourth-order valence-electron chi connectivity index (χ4n) is 3.32. The molecule has 0 radical (unpaired) electrons. The van der Waals surface area contributed by atoms with Gasteiger partial charge in [0, 0.05) is 16.0 Å². The first-order valence-electron chi connectivity index (χ1n) is 8.83. The van der Waals surface area contributed by atoms with E-state index in [2.05, 4.69) is 37.4 Å². The maximum atomic E-state index is 6.40. The Morgan fingerprint density at radius 3 is 2.62 bits per heavy atom. The Kier molecular flexibility index (Phi) is 4.48. The van der Waals surface area contributed by atoms with Gasteiger partial charge in [0.25, 0.3) is 0 Å². The Hall–Kier alpha value is -2.65. The van der Waals surface area contributed by atoms with E-state index in [1.807, 2.05) is 42.5 Å². The summed E-state index contributed by atoms with van der Waals surface area (Å²) in [4.78, 5) is 9.58. The number of pyridine rings is 1. The zero-order valence-electron chi connectivity index (χ0n) is 14.8. The van der Waals surface area contributed by atoms with E-state index in [-0.39, 0.29) is 6.04 Å². The lowest BCUT2D eigenvalue weighted by Gasteiger charge is -2.12. The molecular weight excluding hydrogens is 342 g/mol. The zero-order chi connectivity index (χ0) is 18.1. The van der Waals surface area contributed by atoms with Crippen LogP contribution in [0.5, 0.6) is 0 Å². The van der Waals surface area contributed by atoms with E-state index >= 15 is 0 Å². The predicted molar refractivity (Wildman–Crippen MR) is 111 cm³/mol. The molecule has 3 aromatic rings. The quantitative estimate of drug-likeness (QED) is 0.611. The SMILES string of the molecule is CCC1N=C(Nc2cc(-c3ccccc3Cl)nc3ccccc23)C=C1C. The molecule has 1 aliphatic heterocycles. The molecule has 1 N–H and O–H groups in total. The number of para-hydroxylation sites is 1. The van der Waals surface area contributed by atoms with Crippen LogP contribution in [0.4, 0.5) is 5.69 Å². The summed E-state index contributed by atoms with van der Waals surface area (Å²) in [5, 5.41) is 5.26. The van der Waals surface area contributed by atoms with Crippen molar-refractivity contribution in [2.24, 2.45) is 4.99 Å². The van der Waals surface area contributed by atoms with Gasteiger partial charge in [-0.05, 0) is 43.2 Å². The summed E-state index contributed by atoms with van der Waals surface area (Å²) in [6.07, 6.45) is 3.13. The van der Waals surface area contributed by atoms with E-state index in [1.54, 1.807) is 0 Å². The van der Waals surface area contributed by atoms with Crippen LogP contribution >= 0.6 is 11.6 Å². The van der Waals surface area contributed by atoms with Gasteiger partial charge in [0.2, 0.25) is 0 Å². The van der Waals surface area contributed by atoms with Crippen molar-refractivity contribution < 1.29 is 0 Å². The number of halogens is 1. The lowest BCUT2D eigenvalue weighted by atomic mass is 10.1. The molecular formula is C22H20ClN3. The van der Waals surface area contributed by atoms with Crippen LogP contribution in [0.25, 0.3) is 22.2 Å². The number of rotatable bonds is 3. The molecule has 2 aromatic carbocycles. The van der Waals surface area contributed by atoms with Crippen LogP contribution in [0.2, 0.25) is 5.02 Å². The van der Waals surface area contributed by atoms with Gasteiger partial charge in [0.15, 0.2) is 0 Å². The van der Waals surface area contributed by atoms with Crippen molar-refractivity contribution in [1.29, 1.82) is 0 Å². The molecule has 3 nitrogen and oxygen atoms in total. The van der Waals surface area contributed by atoms with E-state index in [0.29, 0.717) is 5.02 Å². The van der Waals surface area contributed by atoms with Crippen molar-refractivity contribution in [2.45, 2.75) is 26.3 Å². The number of aromatic nitrogens is 1. The van der Waals surface area contributed by atoms with Crippen LogP contribution in [0.3, 0.4) is 0 Å². The number of benzene rings is 2. The molecule has 130 valence electrons. The fourth-order valence-corrected chi connectivity index (χ4v) is 3.56. The third kappa shape index (κ3) is 3.11. The van der Waals surface area contributed by atoms with Crippen molar-refractivity contribution >= 4 is 34.0 Å².